The van der Waals surface area contributed by atoms with E-state index in [4.69, 9.17) is 0 Å². The molecule has 7 nitrogen and oxygen atoms in total. The smallest absolute Gasteiger partial charge is 0.208 e. The highest BCUT2D eigenvalue weighted by Gasteiger charge is 2.24. The third kappa shape index (κ3) is 4.26. The van der Waals surface area contributed by atoms with E-state index in [0.717, 1.165) is 38.4 Å². The summed E-state index contributed by atoms with van der Waals surface area (Å²) < 4.78 is 26.6. The number of hydrogen-bond acceptors (Lipinski definition) is 5. The van der Waals surface area contributed by atoms with Crippen LogP contribution in [0.5, 0.6) is 0 Å². The minimum absolute atomic E-state index is 0.382. The summed E-state index contributed by atoms with van der Waals surface area (Å²) in [7, 11) is -3.08. The molecule has 108 valence electrons. The van der Waals surface area contributed by atoms with E-state index in [-0.39, 0.29) is 0 Å². The van der Waals surface area contributed by atoms with Gasteiger partial charge in [-0.2, -0.15) is 5.10 Å². The van der Waals surface area contributed by atoms with Crippen LogP contribution >= 0.6 is 0 Å². The number of hydrogen-bond donors (Lipinski definition) is 1. The lowest BCUT2D eigenvalue weighted by Crippen LogP contribution is -2.30. The first-order valence-corrected chi connectivity index (χ1v) is 8.40. The van der Waals surface area contributed by atoms with E-state index < -0.39 is 10.0 Å². The third-order valence-electron chi connectivity index (χ3n) is 3.36. The number of nitrogens with zero attached hydrogens (tertiary/aromatic N) is 4. The summed E-state index contributed by atoms with van der Waals surface area (Å²) in [6, 6.07) is 0. The third-order valence-corrected chi connectivity index (χ3v) is 4.06. The van der Waals surface area contributed by atoms with Gasteiger partial charge in [-0.15, -0.1) is 0 Å². The first-order valence-electron chi connectivity index (χ1n) is 6.51. The lowest BCUT2D eigenvalue weighted by molar-refractivity contribution is 0.301. The van der Waals surface area contributed by atoms with Crippen LogP contribution in [0.1, 0.15) is 19.2 Å². The average Bonchev–Trinajstić information content (AvgIpc) is 2.95. The second-order valence-corrected chi connectivity index (χ2v) is 6.84. The molecule has 1 aliphatic heterocycles. The zero-order valence-corrected chi connectivity index (χ0v) is 12.2. The number of aromatic nitrogens is 3. The Morgan fingerprint density at radius 1 is 1.53 bits per heavy atom. The van der Waals surface area contributed by atoms with Gasteiger partial charge in [-0.05, 0) is 25.8 Å². The Bertz CT molecular complexity index is 513. The van der Waals surface area contributed by atoms with Gasteiger partial charge in [0, 0.05) is 19.6 Å². The number of rotatable bonds is 6. The minimum Gasteiger partial charge on any atom is -0.296 e. The van der Waals surface area contributed by atoms with Crippen molar-refractivity contribution in [1.82, 2.24) is 24.4 Å². The molecule has 0 bridgehead atoms. The lowest BCUT2D eigenvalue weighted by atomic mass is 10.1. The molecule has 0 unspecified atom stereocenters. The predicted molar refractivity (Wildman–Crippen MR) is 71.9 cm³/mol. The van der Waals surface area contributed by atoms with Crippen LogP contribution in [0.4, 0.5) is 0 Å². The van der Waals surface area contributed by atoms with Crippen molar-refractivity contribution in [2.75, 3.05) is 25.9 Å². The molecule has 0 aromatic carbocycles. The van der Waals surface area contributed by atoms with Gasteiger partial charge in [0.1, 0.15) is 12.2 Å². The molecule has 8 heteroatoms. The highest BCUT2D eigenvalue weighted by Crippen LogP contribution is 2.17. The van der Waals surface area contributed by atoms with Gasteiger partial charge >= 0.3 is 0 Å². The standard InChI is InChI=1S/C11H21N5O2S/c1-3-16-11(12-9-13-16)8-15-5-4-10(7-15)6-14-19(2,17)18/h9-10,14H,3-8H2,1-2H3/t10-/m0/s1. The average molecular weight is 287 g/mol. The Balaban J connectivity index is 1.82. The van der Waals surface area contributed by atoms with Crippen LogP contribution in [-0.4, -0.2) is 54.0 Å². The van der Waals surface area contributed by atoms with E-state index in [1.165, 1.54) is 6.26 Å². The molecule has 0 saturated carbocycles. The van der Waals surface area contributed by atoms with Crippen LogP contribution < -0.4 is 4.72 Å². The van der Waals surface area contributed by atoms with Gasteiger partial charge in [0.05, 0.1) is 12.8 Å². The summed E-state index contributed by atoms with van der Waals surface area (Å²) in [6.45, 7) is 6.05. The molecule has 0 amide bonds. The van der Waals surface area contributed by atoms with Crippen molar-refractivity contribution in [3.05, 3.63) is 12.2 Å². The second-order valence-electron chi connectivity index (χ2n) is 5.00. The number of likely N-dealkylation sites (tertiary alicyclic amines) is 1. The van der Waals surface area contributed by atoms with Crippen LogP contribution in [0.2, 0.25) is 0 Å². The molecule has 1 aliphatic rings. The van der Waals surface area contributed by atoms with Crippen LogP contribution in [0.25, 0.3) is 0 Å². The second kappa shape index (κ2) is 5.98. The Morgan fingerprint density at radius 3 is 3.00 bits per heavy atom. The lowest BCUT2D eigenvalue weighted by Gasteiger charge is -2.15. The fourth-order valence-electron chi connectivity index (χ4n) is 2.37. The highest BCUT2D eigenvalue weighted by molar-refractivity contribution is 7.88. The van der Waals surface area contributed by atoms with Crippen molar-refractivity contribution in [2.24, 2.45) is 5.92 Å². The maximum absolute atomic E-state index is 11.1. The highest BCUT2D eigenvalue weighted by atomic mass is 32.2. The Hall–Kier alpha value is -0.990. The minimum atomic E-state index is -3.08. The van der Waals surface area contributed by atoms with Crippen LogP contribution in [0.3, 0.4) is 0 Å². The topological polar surface area (TPSA) is 80.1 Å². The van der Waals surface area contributed by atoms with Crippen LogP contribution in [0.15, 0.2) is 6.33 Å². The summed E-state index contributed by atoms with van der Waals surface area (Å²) in [5.74, 6) is 1.35. The van der Waals surface area contributed by atoms with E-state index in [1.807, 2.05) is 11.6 Å². The van der Waals surface area contributed by atoms with E-state index in [0.29, 0.717) is 12.5 Å². The van der Waals surface area contributed by atoms with E-state index in [2.05, 4.69) is 19.7 Å². The van der Waals surface area contributed by atoms with E-state index >= 15 is 0 Å². The molecule has 2 rings (SSSR count). The molecule has 1 atom stereocenters. The normalized spacial score (nSPS) is 21.1. The molecule has 0 radical (unpaired) electrons. The summed E-state index contributed by atoms with van der Waals surface area (Å²) in [6.07, 6.45) is 3.80. The summed E-state index contributed by atoms with van der Waals surface area (Å²) >= 11 is 0. The van der Waals surface area contributed by atoms with E-state index in [1.54, 1.807) is 6.33 Å². The maximum atomic E-state index is 11.1. The van der Waals surface area contributed by atoms with Crippen molar-refractivity contribution in [3.63, 3.8) is 0 Å². The van der Waals surface area contributed by atoms with Crippen molar-refractivity contribution < 1.29 is 8.42 Å². The zero-order chi connectivity index (χ0) is 13.9. The Labute approximate surface area is 114 Å². The first-order chi connectivity index (χ1) is 8.98. The molecular formula is C11H21N5O2S. The SMILES string of the molecule is CCn1ncnc1CN1CC[C@@H](CNS(C)(=O)=O)C1. The number of aryl methyl sites for hydroxylation is 1. The number of nitrogens with one attached hydrogen (secondary N) is 1. The molecule has 19 heavy (non-hydrogen) atoms. The molecule has 1 aromatic rings. The fourth-order valence-corrected chi connectivity index (χ4v) is 2.91. The van der Waals surface area contributed by atoms with Gasteiger partial charge in [-0.3, -0.25) is 4.90 Å². The molecule has 1 N–H and O–H groups in total. The van der Waals surface area contributed by atoms with Gasteiger partial charge in [-0.1, -0.05) is 0 Å². The molecule has 1 fully saturated rings. The Morgan fingerprint density at radius 2 is 2.32 bits per heavy atom. The van der Waals surface area contributed by atoms with Crippen LogP contribution in [-0.2, 0) is 23.1 Å². The van der Waals surface area contributed by atoms with Gasteiger partial charge in [0.15, 0.2) is 0 Å². The van der Waals surface area contributed by atoms with Crippen LogP contribution in [0, 0.1) is 5.92 Å². The van der Waals surface area contributed by atoms with Crippen molar-refractivity contribution in [2.45, 2.75) is 26.4 Å². The zero-order valence-electron chi connectivity index (χ0n) is 11.4. The molecule has 1 saturated heterocycles. The fraction of sp³-hybridized carbons (Fsp3) is 0.818. The van der Waals surface area contributed by atoms with Gasteiger partial charge < -0.3 is 0 Å². The number of sulfonamides is 1. The van der Waals surface area contributed by atoms with Crippen molar-refractivity contribution in [1.29, 1.82) is 0 Å². The first kappa shape index (κ1) is 14.4. The van der Waals surface area contributed by atoms with Gasteiger partial charge in [0.25, 0.3) is 0 Å². The molecular weight excluding hydrogens is 266 g/mol. The molecule has 0 spiro atoms. The predicted octanol–water partition coefficient (Wildman–Crippen LogP) is -0.331. The van der Waals surface area contributed by atoms with Crippen molar-refractivity contribution >= 4 is 10.0 Å². The molecule has 2 heterocycles. The van der Waals surface area contributed by atoms with Gasteiger partial charge in [0.2, 0.25) is 10.0 Å². The summed E-state index contributed by atoms with van der Waals surface area (Å²) in [5, 5.41) is 4.15. The summed E-state index contributed by atoms with van der Waals surface area (Å²) in [5.41, 5.74) is 0. The molecule has 1 aromatic heterocycles. The van der Waals surface area contributed by atoms with Gasteiger partial charge in [-0.25, -0.2) is 22.8 Å². The largest absolute Gasteiger partial charge is 0.296 e. The Kier molecular flexibility index (Phi) is 4.54. The van der Waals surface area contributed by atoms with E-state index in [9.17, 15) is 8.42 Å². The van der Waals surface area contributed by atoms with Crippen molar-refractivity contribution in [3.8, 4) is 0 Å². The maximum Gasteiger partial charge on any atom is 0.208 e. The quantitative estimate of drug-likeness (QED) is 0.775. The monoisotopic (exact) mass is 287 g/mol. The molecule has 0 aliphatic carbocycles. The summed E-state index contributed by atoms with van der Waals surface area (Å²) in [4.78, 5) is 6.56.